The molecule has 0 unspecified atom stereocenters. The topological polar surface area (TPSA) is 64.0 Å². The predicted molar refractivity (Wildman–Crippen MR) is 122 cm³/mol. The molecule has 30 heavy (non-hydrogen) atoms. The second-order valence-corrected chi connectivity index (χ2v) is 9.58. The van der Waals surface area contributed by atoms with Gasteiger partial charge in [-0.25, -0.2) is 14.8 Å². The molecule has 162 valence electrons. The molecule has 0 N–H and O–H groups in total. The molecule has 0 spiro atoms. The maximum absolute atomic E-state index is 12.3. The van der Waals surface area contributed by atoms with Gasteiger partial charge in [-0.2, -0.15) is 0 Å². The van der Waals surface area contributed by atoms with Crippen molar-refractivity contribution in [2.24, 2.45) is 10.9 Å². The molecule has 0 saturated carbocycles. The zero-order chi connectivity index (χ0) is 21.7. The van der Waals surface area contributed by atoms with Gasteiger partial charge in [-0.3, -0.25) is 0 Å². The van der Waals surface area contributed by atoms with Crippen LogP contribution in [0.15, 0.2) is 29.9 Å². The second-order valence-electron chi connectivity index (χ2n) is 8.47. The Morgan fingerprint density at radius 2 is 2.03 bits per heavy atom. The van der Waals surface area contributed by atoms with Crippen LogP contribution in [0.1, 0.15) is 62.0 Å². The average Bonchev–Trinajstić information content (AvgIpc) is 3.14. The van der Waals surface area contributed by atoms with Gasteiger partial charge in [0, 0.05) is 31.1 Å². The van der Waals surface area contributed by atoms with Gasteiger partial charge in [0.1, 0.15) is 17.2 Å². The lowest BCUT2D eigenvalue weighted by Crippen LogP contribution is -2.42. The highest BCUT2D eigenvalue weighted by Gasteiger charge is 2.29. The third-order valence-electron chi connectivity index (χ3n) is 5.00. The molecule has 1 fully saturated rings. The number of aromatic nitrogens is 1. The molecule has 2 aliphatic heterocycles. The summed E-state index contributed by atoms with van der Waals surface area (Å²) in [5.74, 6) is 1.11. The Hall–Kier alpha value is -2.41. The lowest BCUT2D eigenvalue weighted by Gasteiger charge is -2.34. The first-order valence-electron chi connectivity index (χ1n) is 10.4. The van der Waals surface area contributed by atoms with Crippen LogP contribution in [0.5, 0.6) is 0 Å². The first-order chi connectivity index (χ1) is 14.3. The summed E-state index contributed by atoms with van der Waals surface area (Å²) in [6, 6.07) is 0. The fourth-order valence-corrected chi connectivity index (χ4v) is 4.36. The normalized spacial score (nSPS) is 17.8. The molecule has 7 heteroatoms. The Kier molecular flexibility index (Phi) is 7.13. The van der Waals surface area contributed by atoms with E-state index in [-0.39, 0.29) is 6.09 Å². The Bertz CT molecular complexity index is 830. The van der Waals surface area contributed by atoms with Crippen LogP contribution >= 0.6 is 11.3 Å². The van der Waals surface area contributed by atoms with Gasteiger partial charge in [0.05, 0.1) is 10.6 Å². The number of thiazole rings is 1. The minimum absolute atomic E-state index is 0.229. The average molecular weight is 430 g/mol. The highest BCUT2D eigenvalue weighted by atomic mass is 32.1. The van der Waals surface area contributed by atoms with Gasteiger partial charge < -0.3 is 14.4 Å². The zero-order valence-corrected chi connectivity index (χ0v) is 19.0. The summed E-state index contributed by atoms with van der Waals surface area (Å²) in [6.07, 6.45) is 9.00. The third kappa shape index (κ3) is 5.81. The van der Waals surface area contributed by atoms with Crippen molar-refractivity contribution in [3.8, 4) is 0 Å². The van der Waals surface area contributed by atoms with Crippen LogP contribution in [0, 0.1) is 5.92 Å². The van der Waals surface area contributed by atoms with E-state index in [1.807, 2.05) is 20.8 Å². The highest BCUT2D eigenvalue weighted by Crippen LogP contribution is 2.30. The number of piperidine rings is 1. The van der Waals surface area contributed by atoms with Gasteiger partial charge >= 0.3 is 6.09 Å². The summed E-state index contributed by atoms with van der Waals surface area (Å²) in [7, 11) is 0. The number of nitrogens with zero attached hydrogens (tertiary/aromatic N) is 3. The first-order valence-corrected chi connectivity index (χ1v) is 11.2. The van der Waals surface area contributed by atoms with Gasteiger partial charge in [0.25, 0.3) is 0 Å². The zero-order valence-electron chi connectivity index (χ0n) is 18.1. The van der Waals surface area contributed by atoms with Crippen LogP contribution in [-0.4, -0.2) is 40.6 Å². The largest absolute Gasteiger partial charge is 0.473 e. The SMILES string of the molecule is C=Cc1nc(COC2=NC(C3CCN(C(=O)OC(C)(C)C)CC3)=CCC2)sc1C=C. The fourth-order valence-electron chi connectivity index (χ4n) is 3.53. The summed E-state index contributed by atoms with van der Waals surface area (Å²) in [5, 5.41) is 0.893. The number of allylic oxidation sites excluding steroid dienone is 2. The first kappa shape index (κ1) is 22.3. The molecule has 0 atom stereocenters. The molecule has 0 aliphatic carbocycles. The van der Waals surface area contributed by atoms with Crippen molar-refractivity contribution in [3.63, 3.8) is 0 Å². The van der Waals surface area contributed by atoms with E-state index in [1.54, 1.807) is 28.4 Å². The maximum atomic E-state index is 12.3. The Labute approximate surface area is 183 Å². The standard InChI is InChI=1S/C23H31N3O3S/c1-6-17-19(7-2)30-21(25-17)15-28-20-10-8-9-18(24-20)16-11-13-26(14-12-16)22(27)29-23(3,4)5/h6-7,9,16H,1-2,8,10-15H2,3-5H3. The smallest absolute Gasteiger partial charge is 0.410 e. The molecular weight excluding hydrogens is 398 g/mol. The van der Waals surface area contributed by atoms with E-state index in [2.05, 4.69) is 24.2 Å². The Balaban J connectivity index is 1.54. The molecule has 0 aromatic carbocycles. The van der Waals surface area contributed by atoms with Crippen molar-refractivity contribution in [2.45, 2.75) is 58.7 Å². The molecule has 2 aliphatic rings. The monoisotopic (exact) mass is 429 g/mol. The Morgan fingerprint density at radius 3 is 2.63 bits per heavy atom. The van der Waals surface area contributed by atoms with Crippen molar-refractivity contribution in [2.75, 3.05) is 13.1 Å². The maximum Gasteiger partial charge on any atom is 0.410 e. The number of carbonyl (C=O) groups excluding carboxylic acids is 1. The van der Waals surface area contributed by atoms with E-state index < -0.39 is 5.60 Å². The molecule has 6 nitrogen and oxygen atoms in total. The molecular formula is C23H31N3O3S. The van der Waals surface area contributed by atoms with Crippen molar-refractivity contribution >= 4 is 35.5 Å². The third-order valence-corrected chi connectivity index (χ3v) is 6.04. The number of rotatable bonds is 5. The minimum atomic E-state index is -0.466. The molecule has 1 saturated heterocycles. The number of ether oxygens (including phenoxy) is 2. The lowest BCUT2D eigenvalue weighted by molar-refractivity contribution is 0.0193. The van der Waals surface area contributed by atoms with Crippen LogP contribution in [0.2, 0.25) is 0 Å². The van der Waals surface area contributed by atoms with Crippen molar-refractivity contribution in [1.29, 1.82) is 0 Å². The summed E-state index contributed by atoms with van der Waals surface area (Å²) in [4.78, 5) is 24.4. The van der Waals surface area contributed by atoms with Gasteiger partial charge in [-0.15, -0.1) is 11.3 Å². The molecule has 1 amide bonds. The molecule has 1 aromatic rings. The Morgan fingerprint density at radius 1 is 1.30 bits per heavy atom. The van der Waals surface area contributed by atoms with Crippen molar-refractivity contribution < 1.29 is 14.3 Å². The van der Waals surface area contributed by atoms with Gasteiger partial charge in [0.2, 0.25) is 0 Å². The van der Waals surface area contributed by atoms with Gasteiger partial charge in [-0.1, -0.05) is 19.2 Å². The molecule has 3 rings (SSSR count). The van der Waals surface area contributed by atoms with Crippen LogP contribution in [0.3, 0.4) is 0 Å². The number of carbonyl (C=O) groups is 1. The molecule has 1 aromatic heterocycles. The summed E-state index contributed by atoms with van der Waals surface area (Å²) < 4.78 is 11.4. The van der Waals surface area contributed by atoms with E-state index >= 15 is 0 Å². The number of aliphatic imine (C=N–C) groups is 1. The predicted octanol–water partition coefficient (Wildman–Crippen LogP) is 5.67. The van der Waals surface area contributed by atoms with E-state index in [0.29, 0.717) is 25.6 Å². The highest BCUT2D eigenvalue weighted by molar-refractivity contribution is 7.12. The van der Waals surface area contributed by atoms with E-state index in [0.717, 1.165) is 52.9 Å². The fraction of sp³-hybridized carbons (Fsp3) is 0.522. The number of hydrogen-bond acceptors (Lipinski definition) is 6. The van der Waals surface area contributed by atoms with Crippen LogP contribution < -0.4 is 0 Å². The van der Waals surface area contributed by atoms with Crippen LogP contribution in [-0.2, 0) is 16.1 Å². The van der Waals surface area contributed by atoms with E-state index in [9.17, 15) is 4.79 Å². The summed E-state index contributed by atoms with van der Waals surface area (Å²) in [6.45, 7) is 15.1. The quantitative estimate of drug-likeness (QED) is 0.605. The van der Waals surface area contributed by atoms with Gasteiger partial charge in [-0.05, 0) is 52.2 Å². The number of amides is 1. The molecule has 0 radical (unpaired) electrons. The van der Waals surface area contributed by atoms with E-state index in [1.165, 1.54) is 0 Å². The summed E-state index contributed by atoms with van der Waals surface area (Å²) in [5.41, 5.74) is 1.46. The number of hydrogen-bond donors (Lipinski definition) is 0. The minimum Gasteiger partial charge on any atom is -0.473 e. The van der Waals surface area contributed by atoms with Crippen molar-refractivity contribution in [1.82, 2.24) is 9.88 Å². The van der Waals surface area contributed by atoms with E-state index in [4.69, 9.17) is 14.5 Å². The van der Waals surface area contributed by atoms with Crippen molar-refractivity contribution in [3.05, 3.63) is 40.5 Å². The molecule has 3 heterocycles. The van der Waals surface area contributed by atoms with Gasteiger partial charge in [0.15, 0.2) is 5.90 Å². The summed E-state index contributed by atoms with van der Waals surface area (Å²) >= 11 is 1.56. The number of likely N-dealkylation sites (tertiary alicyclic amines) is 1. The van der Waals surface area contributed by atoms with Crippen LogP contribution in [0.25, 0.3) is 12.2 Å². The second kappa shape index (κ2) is 9.60. The van der Waals surface area contributed by atoms with Crippen LogP contribution in [0.4, 0.5) is 4.79 Å². The molecule has 0 bridgehead atoms. The lowest BCUT2D eigenvalue weighted by atomic mass is 9.92.